The van der Waals surface area contributed by atoms with Crippen LogP contribution in [0.25, 0.3) is 0 Å². The number of aryl methyl sites for hydroxylation is 2. The van der Waals surface area contributed by atoms with Crippen molar-refractivity contribution in [2.24, 2.45) is 0 Å². The molecule has 0 aromatic heterocycles. The predicted octanol–water partition coefficient (Wildman–Crippen LogP) is 4.24. The SMILES string of the molecule is CNC(=O)[C@@H](Cc1ccccc1)N(Cc1ccc(C)cc1)C(=O)CCCN(c1ccccc1C)S(C)(=O)=O. The Morgan fingerprint density at radius 2 is 1.50 bits per heavy atom. The Labute approximate surface area is 226 Å². The molecule has 38 heavy (non-hydrogen) atoms. The number of carbonyl (C=O) groups is 2. The number of amides is 2. The van der Waals surface area contributed by atoms with Crippen molar-refractivity contribution < 1.29 is 18.0 Å². The van der Waals surface area contributed by atoms with Gasteiger partial charge in [-0.1, -0.05) is 78.4 Å². The Bertz CT molecular complexity index is 1330. The van der Waals surface area contributed by atoms with Gasteiger partial charge < -0.3 is 10.2 Å². The van der Waals surface area contributed by atoms with E-state index in [-0.39, 0.29) is 31.3 Å². The van der Waals surface area contributed by atoms with Crippen molar-refractivity contribution in [3.63, 3.8) is 0 Å². The Morgan fingerprint density at radius 3 is 2.11 bits per heavy atom. The van der Waals surface area contributed by atoms with Gasteiger partial charge in [-0.3, -0.25) is 13.9 Å². The number of hydrogen-bond donors (Lipinski definition) is 1. The second-order valence-corrected chi connectivity index (χ2v) is 11.5. The van der Waals surface area contributed by atoms with Crippen LogP contribution in [-0.2, 0) is 32.6 Å². The van der Waals surface area contributed by atoms with Gasteiger partial charge in [0.2, 0.25) is 21.8 Å². The van der Waals surface area contributed by atoms with Gasteiger partial charge in [0.25, 0.3) is 0 Å². The number of nitrogens with one attached hydrogen (secondary N) is 1. The molecule has 3 rings (SSSR count). The van der Waals surface area contributed by atoms with Gasteiger partial charge in [0.05, 0.1) is 11.9 Å². The molecule has 0 spiro atoms. The average molecular weight is 536 g/mol. The molecule has 0 aliphatic carbocycles. The van der Waals surface area contributed by atoms with Crippen LogP contribution in [0, 0.1) is 13.8 Å². The number of benzene rings is 3. The van der Waals surface area contributed by atoms with Gasteiger partial charge in [0, 0.05) is 33.0 Å². The van der Waals surface area contributed by atoms with Crippen LogP contribution >= 0.6 is 0 Å². The second-order valence-electron chi connectivity index (χ2n) is 9.55. The van der Waals surface area contributed by atoms with E-state index in [9.17, 15) is 18.0 Å². The lowest BCUT2D eigenvalue weighted by Crippen LogP contribution is -2.49. The van der Waals surface area contributed by atoms with Gasteiger partial charge in [0.1, 0.15) is 6.04 Å². The predicted molar refractivity (Wildman–Crippen MR) is 152 cm³/mol. The fourth-order valence-corrected chi connectivity index (χ4v) is 5.46. The molecule has 0 saturated heterocycles. The molecule has 2 amide bonds. The summed E-state index contributed by atoms with van der Waals surface area (Å²) in [5, 5.41) is 2.72. The van der Waals surface area contributed by atoms with Crippen molar-refractivity contribution in [3.8, 4) is 0 Å². The lowest BCUT2D eigenvalue weighted by Gasteiger charge is -2.31. The van der Waals surface area contributed by atoms with Crippen LogP contribution in [0.4, 0.5) is 5.69 Å². The standard InChI is InChI=1S/C30H37N3O4S/c1-23-16-18-26(19-17-23)22-32(28(30(35)31-3)21-25-12-6-5-7-13-25)29(34)15-10-20-33(38(4,36)37)27-14-9-8-11-24(27)2/h5-9,11-14,16-19,28H,10,15,20-22H2,1-4H3,(H,31,35)/t28-/m1/s1. The van der Waals surface area contributed by atoms with E-state index < -0.39 is 16.1 Å². The Balaban J connectivity index is 1.84. The number of rotatable bonds is 12. The van der Waals surface area contributed by atoms with E-state index in [4.69, 9.17) is 0 Å². The maximum atomic E-state index is 13.7. The molecule has 0 radical (unpaired) electrons. The minimum absolute atomic E-state index is 0.103. The number of sulfonamides is 1. The minimum atomic E-state index is -3.54. The molecular formula is C30H37N3O4S. The van der Waals surface area contributed by atoms with Crippen molar-refractivity contribution in [1.29, 1.82) is 0 Å². The van der Waals surface area contributed by atoms with E-state index in [1.165, 1.54) is 10.6 Å². The van der Waals surface area contributed by atoms with Crippen LogP contribution in [0.5, 0.6) is 0 Å². The smallest absolute Gasteiger partial charge is 0.242 e. The van der Waals surface area contributed by atoms with Crippen molar-refractivity contribution in [3.05, 3.63) is 101 Å². The highest BCUT2D eigenvalue weighted by atomic mass is 32.2. The first-order valence-corrected chi connectivity index (χ1v) is 14.6. The molecule has 202 valence electrons. The zero-order valence-corrected chi connectivity index (χ0v) is 23.4. The zero-order chi connectivity index (χ0) is 27.7. The first-order chi connectivity index (χ1) is 18.1. The average Bonchev–Trinajstić information content (AvgIpc) is 2.89. The Kier molecular flexibility index (Phi) is 10.1. The lowest BCUT2D eigenvalue weighted by atomic mass is 10.0. The Morgan fingerprint density at radius 1 is 0.868 bits per heavy atom. The minimum Gasteiger partial charge on any atom is -0.357 e. The van der Waals surface area contributed by atoms with Crippen molar-refractivity contribution in [2.75, 3.05) is 24.2 Å². The third-order valence-corrected chi connectivity index (χ3v) is 7.71. The van der Waals surface area contributed by atoms with E-state index in [2.05, 4.69) is 5.32 Å². The highest BCUT2D eigenvalue weighted by molar-refractivity contribution is 7.92. The lowest BCUT2D eigenvalue weighted by molar-refractivity contribution is -0.141. The molecule has 8 heteroatoms. The third kappa shape index (κ3) is 7.92. The highest BCUT2D eigenvalue weighted by Crippen LogP contribution is 2.23. The van der Waals surface area contributed by atoms with Crippen LogP contribution in [0.3, 0.4) is 0 Å². The summed E-state index contributed by atoms with van der Waals surface area (Å²) in [7, 11) is -1.97. The van der Waals surface area contributed by atoms with Crippen LogP contribution in [0.2, 0.25) is 0 Å². The van der Waals surface area contributed by atoms with Crippen LogP contribution in [0.1, 0.15) is 35.1 Å². The molecule has 3 aromatic carbocycles. The normalized spacial score (nSPS) is 12.0. The van der Waals surface area contributed by atoms with Gasteiger partial charge in [0.15, 0.2) is 0 Å². The monoisotopic (exact) mass is 535 g/mol. The number of carbonyl (C=O) groups excluding carboxylic acids is 2. The third-order valence-electron chi connectivity index (χ3n) is 6.53. The summed E-state index contributed by atoms with van der Waals surface area (Å²) in [6, 6.07) is 24.1. The van der Waals surface area contributed by atoms with Crippen LogP contribution in [0.15, 0.2) is 78.9 Å². The maximum absolute atomic E-state index is 13.7. The summed E-state index contributed by atoms with van der Waals surface area (Å²) >= 11 is 0. The number of nitrogens with zero attached hydrogens (tertiary/aromatic N) is 2. The van der Waals surface area contributed by atoms with Gasteiger partial charge in [-0.2, -0.15) is 0 Å². The molecular weight excluding hydrogens is 498 g/mol. The molecule has 0 heterocycles. The maximum Gasteiger partial charge on any atom is 0.242 e. The van der Waals surface area contributed by atoms with Gasteiger partial charge in [-0.25, -0.2) is 8.42 Å². The van der Waals surface area contributed by atoms with Gasteiger partial charge in [-0.15, -0.1) is 0 Å². The summed E-state index contributed by atoms with van der Waals surface area (Å²) in [6.07, 6.45) is 1.96. The molecule has 0 fully saturated rings. The molecule has 1 N–H and O–H groups in total. The largest absolute Gasteiger partial charge is 0.357 e. The quantitative estimate of drug-likeness (QED) is 0.376. The summed E-state index contributed by atoms with van der Waals surface area (Å²) < 4.78 is 26.5. The zero-order valence-electron chi connectivity index (χ0n) is 22.6. The van der Waals surface area contributed by atoms with E-state index in [0.29, 0.717) is 18.5 Å². The summed E-state index contributed by atoms with van der Waals surface area (Å²) in [5.41, 5.74) is 4.42. The van der Waals surface area contributed by atoms with E-state index in [0.717, 1.165) is 22.3 Å². The molecule has 0 aliphatic heterocycles. The Hall–Kier alpha value is -3.65. The summed E-state index contributed by atoms with van der Waals surface area (Å²) in [4.78, 5) is 28.3. The van der Waals surface area contributed by atoms with Gasteiger partial charge >= 0.3 is 0 Å². The molecule has 0 bridgehead atoms. The molecule has 3 aromatic rings. The van der Waals surface area contributed by atoms with E-state index in [1.54, 1.807) is 24.1 Å². The number of para-hydroxylation sites is 1. The summed E-state index contributed by atoms with van der Waals surface area (Å²) in [6.45, 7) is 4.30. The fourth-order valence-electron chi connectivity index (χ4n) is 4.44. The first kappa shape index (κ1) is 28.9. The molecule has 0 unspecified atom stereocenters. The van der Waals surface area contributed by atoms with Crippen molar-refractivity contribution in [1.82, 2.24) is 10.2 Å². The number of likely N-dealkylation sites (N-methyl/N-ethyl adjacent to an activating group) is 1. The molecule has 1 atom stereocenters. The van der Waals surface area contributed by atoms with Crippen molar-refractivity contribution in [2.45, 2.75) is 45.7 Å². The molecule has 7 nitrogen and oxygen atoms in total. The molecule has 0 aliphatic rings. The number of anilines is 1. The highest BCUT2D eigenvalue weighted by Gasteiger charge is 2.30. The summed E-state index contributed by atoms with van der Waals surface area (Å²) in [5.74, 6) is -0.444. The van der Waals surface area contributed by atoms with E-state index in [1.807, 2.05) is 80.6 Å². The van der Waals surface area contributed by atoms with Crippen LogP contribution in [-0.4, -0.2) is 51.0 Å². The topological polar surface area (TPSA) is 86.8 Å². The second kappa shape index (κ2) is 13.2. The van der Waals surface area contributed by atoms with Crippen LogP contribution < -0.4 is 9.62 Å². The van der Waals surface area contributed by atoms with Gasteiger partial charge in [-0.05, 0) is 43.0 Å². The molecule has 0 saturated carbocycles. The van der Waals surface area contributed by atoms with E-state index >= 15 is 0 Å². The number of hydrogen-bond acceptors (Lipinski definition) is 4. The fraction of sp³-hybridized carbons (Fsp3) is 0.333. The first-order valence-electron chi connectivity index (χ1n) is 12.7. The van der Waals surface area contributed by atoms with Crippen molar-refractivity contribution >= 4 is 27.5 Å².